The van der Waals surface area contributed by atoms with E-state index in [1.165, 1.54) is 36.4 Å². The molecule has 0 fully saturated rings. The van der Waals surface area contributed by atoms with Crippen molar-refractivity contribution in [1.29, 1.82) is 26.3 Å². The zero-order valence-corrected chi connectivity index (χ0v) is 31.5. The molecule has 0 aliphatic heterocycles. The standard InChI is InChI=1S/C49H21F6N7/c50-48(51,52)39-2-1-3-40(49(53,54)55)47(39)32-9-11-34(46(21-32)62-43-14-7-29(24-58)18-37(43)38-19-30(25-59)8-15-44(38)62)33-10-4-31(26-60)20-45(33)61-41-12-5-27(22-56)16-35(41)36-17-28(23-57)6-13-42(36)61/h1-21H. The van der Waals surface area contributed by atoms with Crippen LogP contribution in [-0.2, 0) is 12.4 Å². The summed E-state index contributed by atoms with van der Waals surface area (Å²) in [5, 5.41) is 51.7. The van der Waals surface area contributed by atoms with Gasteiger partial charge in [-0.05, 0) is 109 Å². The number of nitriles is 5. The molecule has 2 heterocycles. The van der Waals surface area contributed by atoms with Gasteiger partial charge >= 0.3 is 12.4 Å². The Bertz CT molecular complexity index is 3450. The van der Waals surface area contributed by atoms with Gasteiger partial charge in [0.25, 0.3) is 0 Å². The van der Waals surface area contributed by atoms with E-state index in [2.05, 4.69) is 30.3 Å². The van der Waals surface area contributed by atoms with Crippen LogP contribution in [0, 0.1) is 56.7 Å². The van der Waals surface area contributed by atoms with Crippen LogP contribution in [0.25, 0.3) is 77.2 Å². The number of rotatable bonds is 4. The maximum atomic E-state index is 14.7. The van der Waals surface area contributed by atoms with Crippen molar-refractivity contribution in [1.82, 2.24) is 9.13 Å². The molecule has 9 aromatic rings. The lowest BCUT2D eigenvalue weighted by Gasteiger charge is -2.22. The third kappa shape index (κ3) is 6.11. The summed E-state index contributed by atoms with van der Waals surface area (Å²) in [5.74, 6) is 0. The molecule has 7 nitrogen and oxygen atoms in total. The largest absolute Gasteiger partial charge is 0.417 e. The Morgan fingerprint density at radius 1 is 0.371 bits per heavy atom. The van der Waals surface area contributed by atoms with E-state index < -0.39 is 34.6 Å². The van der Waals surface area contributed by atoms with Crippen molar-refractivity contribution in [2.45, 2.75) is 12.4 Å². The molecule has 0 bridgehead atoms. The quantitative estimate of drug-likeness (QED) is 0.163. The summed E-state index contributed by atoms with van der Waals surface area (Å²) in [6.45, 7) is 0. The number of hydrogen-bond donors (Lipinski definition) is 0. The van der Waals surface area contributed by atoms with E-state index in [-0.39, 0.29) is 22.4 Å². The fourth-order valence-electron chi connectivity index (χ4n) is 8.29. The fourth-order valence-corrected chi connectivity index (χ4v) is 8.29. The topological polar surface area (TPSA) is 129 Å². The minimum Gasteiger partial charge on any atom is -0.309 e. The number of alkyl halides is 6. The Morgan fingerprint density at radius 3 is 1.05 bits per heavy atom. The van der Waals surface area contributed by atoms with E-state index in [0.717, 1.165) is 0 Å². The molecule has 7 aromatic carbocycles. The van der Waals surface area contributed by atoms with Crippen LogP contribution in [0.2, 0.25) is 0 Å². The molecule has 9 rings (SSSR count). The first-order chi connectivity index (χ1) is 29.8. The van der Waals surface area contributed by atoms with Crippen LogP contribution in [0.1, 0.15) is 38.9 Å². The van der Waals surface area contributed by atoms with Gasteiger partial charge in [-0.1, -0.05) is 24.3 Å². The number of hydrogen-bond acceptors (Lipinski definition) is 5. The Morgan fingerprint density at radius 2 is 0.694 bits per heavy atom. The summed E-state index contributed by atoms with van der Waals surface area (Å²) in [7, 11) is 0. The highest BCUT2D eigenvalue weighted by Gasteiger charge is 2.41. The maximum absolute atomic E-state index is 14.7. The van der Waals surface area contributed by atoms with E-state index in [1.54, 1.807) is 77.4 Å². The van der Waals surface area contributed by atoms with Crippen molar-refractivity contribution in [3.8, 4) is 64.0 Å². The minimum atomic E-state index is -5.18. The predicted molar refractivity (Wildman–Crippen MR) is 220 cm³/mol. The molecule has 0 atom stereocenters. The highest BCUT2D eigenvalue weighted by atomic mass is 19.4. The van der Waals surface area contributed by atoms with Crippen LogP contribution < -0.4 is 0 Å². The van der Waals surface area contributed by atoms with Crippen molar-refractivity contribution in [2.24, 2.45) is 0 Å². The molecular weight excluding hydrogens is 801 g/mol. The molecule has 13 heteroatoms. The average Bonchev–Trinajstić information content (AvgIpc) is 3.78. The van der Waals surface area contributed by atoms with Gasteiger partial charge in [-0.15, -0.1) is 0 Å². The van der Waals surface area contributed by atoms with E-state index in [4.69, 9.17) is 0 Å². The summed E-state index contributed by atoms with van der Waals surface area (Å²) in [6.07, 6.45) is -10.4. The number of benzene rings is 7. The number of aromatic nitrogens is 2. The van der Waals surface area contributed by atoms with Crippen LogP contribution in [-0.4, -0.2) is 9.13 Å². The van der Waals surface area contributed by atoms with Crippen molar-refractivity contribution in [3.05, 3.63) is 166 Å². The van der Waals surface area contributed by atoms with Gasteiger partial charge in [0.15, 0.2) is 0 Å². The Labute approximate surface area is 347 Å². The second-order valence-corrected chi connectivity index (χ2v) is 14.3. The molecule has 0 amide bonds. The molecule has 0 aliphatic carbocycles. The number of fused-ring (bicyclic) bond motifs is 6. The van der Waals surface area contributed by atoms with Gasteiger partial charge in [0, 0.05) is 38.2 Å². The second-order valence-electron chi connectivity index (χ2n) is 14.3. The summed E-state index contributed by atoms with van der Waals surface area (Å²) in [4.78, 5) is 0. The number of halogens is 6. The highest BCUT2D eigenvalue weighted by Crippen LogP contribution is 2.48. The maximum Gasteiger partial charge on any atom is 0.417 e. The van der Waals surface area contributed by atoms with Crippen molar-refractivity contribution >= 4 is 43.6 Å². The smallest absolute Gasteiger partial charge is 0.309 e. The average molecular weight is 822 g/mol. The lowest BCUT2D eigenvalue weighted by Crippen LogP contribution is -2.14. The molecule has 0 radical (unpaired) electrons. The van der Waals surface area contributed by atoms with Gasteiger partial charge in [-0.3, -0.25) is 0 Å². The van der Waals surface area contributed by atoms with Crippen LogP contribution >= 0.6 is 0 Å². The van der Waals surface area contributed by atoms with Crippen LogP contribution in [0.3, 0.4) is 0 Å². The predicted octanol–water partition coefficient (Wildman–Crippen LogP) is 12.6. The van der Waals surface area contributed by atoms with Crippen molar-refractivity contribution in [3.63, 3.8) is 0 Å². The summed E-state index contributed by atoms with van der Waals surface area (Å²) in [6, 6.07) is 40.7. The summed E-state index contributed by atoms with van der Waals surface area (Å²) in [5.41, 5.74) is 0.178. The SMILES string of the molecule is N#Cc1ccc(-c2ccc(-c3c(C(F)(F)F)cccc3C(F)(F)F)cc2-n2c3ccc(C#N)cc3c3cc(C#N)ccc32)c(-n2c3ccc(C#N)cc3c3cc(C#N)ccc32)c1. The fraction of sp³-hybridized carbons (Fsp3) is 0.0408. The molecule has 0 aliphatic rings. The molecule has 2 aromatic heterocycles. The molecule has 0 unspecified atom stereocenters. The minimum absolute atomic E-state index is 0.132. The zero-order valence-electron chi connectivity index (χ0n) is 31.5. The summed E-state index contributed by atoms with van der Waals surface area (Å²) < 4.78 is 91.8. The van der Waals surface area contributed by atoms with Crippen LogP contribution in [0.5, 0.6) is 0 Å². The van der Waals surface area contributed by atoms with Crippen LogP contribution in [0.15, 0.2) is 127 Å². The van der Waals surface area contributed by atoms with Gasteiger partial charge in [0.1, 0.15) is 0 Å². The first-order valence-electron chi connectivity index (χ1n) is 18.5. The zero-order chi connectivity index (χ0) is 43.7. The molecule has 0 N–H and O–H groups in total. The molecule has 62 heavy (non-hydrogen) atoms. The monoisotopic (exact) mass is 821 g/mol. The van der Waals surface area contributed by atoms with Gasteiger partial charge in [-0.25, -0.2) is 0 Å². The highest BCUT2D eigenvalue weighted by molar-refractivity contribution is 6.12. The Hall–Kier alpha value is -8.83. The normalized spacial score (nSPS) is 11.6. The molecule has 294 valence electrons. The van der Waals surface area contributed by atoms with E-state index >= 15 is 0 Å². The van der Waals surface area contributed by atoms with Gasteiger partial charge in [-0.2, -0.15) is 52.7 Å². The first-order valence-corrected chi connectivity index (χ1v) is 18.5. The molecule has 0 saturated heterocycles. The molecule has 0 spiro atoms. The first kappa shape index (κ1) is 38.7. The van der Waals surface area contributed by atoms with Crippen molar-refractivity contribution < 1.29 is 26.3 Å². The lowest BCUT2D eigenvalue weighted by molar-refractivity contribution is -0.142. The lowest BCUT2D eigenvalue weighted by atomic mass is 9.90. The van der Waals surface area contributed by atoms with E-state index in [0.29, 0.717) is 89.8 Å². The Kier molecular flexibility index (Phi) is 8.84. The second kappa shape index (κ2) is 14.2. The third-order valence-electron chi connectivity index (χ3n) is 10.9. The van der Waals surface area contributed by atoms with Crippen LogP contribution in [0.4, 0.5) is 26.3 Å². The van der Waals surface area contributed by atoms with E-state index in [1.807, 2.05) is 4.57 Å². The molecule has 0 saturated carbocycles. The molecular formula is C49H21F6N7. The van der Waals surface area contributed by atoms with Gasteiger partial charge < -0.3 is 9.13 Å². The Balaban J connectivity index is 1.46. The van der Waals surface area contributed by atoms with E-state index in [9.17, 15) is 52.7 Å². The van der Waals surface area contributed by atoms with Gasteiger partial charge in [0.05, 0.1) is 103 Å². The summed E-state index contributed by atoms with van der Waals surface area (Å²) >= 11 is 0. The van der Waals surface area contributed by atoms with Crippen molar-refractivity contribution in [2.75, 3.05) is 0 Å². The number of nitrogens with zero attached hydrogens (tertiary/aromatic N) is 7. The van der Waals surface area contributed by atoms with Gasteiger partial charge in [0.2, 0.25) is 0 Å². The third-order valence-corrected chi connectivity index (χ3v) is 10.9.